The van der Waals surface area contributed by atoms with E-state index in [0.717, 1.165) is 25.6 Å². The fourth-order valence-electron chi connectivity index (χ4n) is 1.07. The molecule has 1 aliphatic heterocycles. The summed E-state index contributed by atoms with van der Waals surface area (Å²) in [6, 6.07) is 0. The van der Waals surface area contributed by atoms with Crippen molar-refractivity contribution in [3.8, 4) is 0 Å². The molecule has 0 amide bonds. The van der Waals surface area contributed by atoms with Crippen molar-refractivity contribution in [2.24, 2.45) is 5.92 Å². The molecular weight excluding hydrogens is 354 g/mol. The van der Waals surface area contributed by atoms with Gasteiger partial charge in [0.05, 0.1) is 0 Å². The molecule has 0 atom stereocenters. The summed E-state index contributed by atoms with van der Waals surface area (Å²) in [5.41, 5.74) is 0. The SMILES string of the molecule is O=C(O)C(F)(F)F.O=C(O)C(F)(F)F.c1ncn(CC2CNC2)n1. The van der Waals surface area contributed by atoms with Crippen molar-refractivity contribution in [3.63, 3.8) is 0 Å². The molecule has 14 heteroatoms. The Balaban J connectivity index is 0.000000343. The molecule has 1 aliphatic rings. The van der Waals surface area contributed by atoms with Crippen molar-refractivity contribution in [2.45, 2.75) is 18.9 Å². The third-order valence-corrected chi connectivity index (χ3v) is 2.26. The topological polar surface area (TPSA) is 117 Å². The predicted octanol–water partition coefficient (Wildman–Crippen LogP) is 0.764. The van der Waals surface area contributed by atoms with Gasteiger partial charge in [0, 0.05) is 25.6 Å². The van der Waals surface area contributed by atoms with Crippen LogP contribution in [-0.4, -0.2) is 62.4 Å². The minimum atomic E-state index is -5.08. The van der Waals surface area contributed by atoms with Gasteiger partial charge in [-0.1, -0.05) is 0 Å². The monoisotopic (exact) mass is 366 g/mol. The fraction of sp³-hybridized carbons (Fsp3) is 0.600. The van der Waals surface area contributed by atoms with Gasteiger partial charge < -0.3 is 15.5 Å². The number of halogens is 6. The molecule has 0 spiro atoms. The van der Waals surface area contributed by atoms with E-state index in [1.54, 1.807) is 12.7 Å². The third kappa shape index (κ3) is 9.60. The zero-order valence-corrected chi connectivity index (χ0v) is 11.7. The number of hydrogen-bond donors (Lipinski definition) is 3. The second-order valence-corrected chi connectivity index (χ2v) is 4.25. The van der Waals surface area contributed by atoms with Gasteiger partial charge in [0.15, 0.2) is 0 Å². The van der Waals surface area contributed by atoms with Crippen LogP contribution in [0.25, 0.3) is 0 Å². The summed E-state index contributed by atoms with van der Waals surface area (Å²) in [6.07, 6.45) is -6.83. The Bertz CT molecular complexity index is 488. The Morgan fingerprint density at radius 1 is 1.08 bits per heavy atom. The number of rotatable bonds is 2. The summed E-state index contributed by atoms with van der Waals surface area (Å²) < 4.78 is 65.4. The number of aliphatic carboxylic acids is 2. The molecule has 0 radical (unpaired) electrons. The summed E-state index contributed by atoms with van der Waals surface area (Å²) in [7, 11) is 0. The molecule has 2 heterocycles. The quantitative estimate of drug-likeness (QED) is 0.662. The number of nitrogens with zero attached hydrogens (tertiary/aromatic N) is 3. The van der Waals surface area contributed by atoms with Gasteiger partial charge in [-0.3, -0.25) is 4.68 Å². The molecule has 24 heavy (non-hydrogen) atoms. The Kier molecular flexibility index (Phi) is 8.15. The largest absolute Gasteiger partial charge is 0.490 e. The maximum atomic E-state index is 10.6. The normalized spacial score (nSPS) is 14.4. The summed E-state index contributed by atoms with van der Waals surface area (Å²) in [4.78, 5) is 21.7. The summed E-state index contributed by atoms with van der Waals surface area (Å²) >= 11 is 0. The summed E-state index contributed by atoms with van der Waals surface area (Å²) in [6.45, 7) is 3.26. The van der Waals surface area contributed by atoms with Crippen LogP contribution in [0.15, 0.2) is 12.7 Å². The van der Waals surface area contributed by atoms with Crippen LogP contribution in [0.3, 0.4) is 0 Å². The van der Waals surface area contributed by atoms with Gasteiger partial charge in [-0.25, -0.2) is 14.6 Å². The van der Waals surface area contributed by atoms with E-state index in [0.29, 0.717) is 0 Å². The molecule has 0 saturated carbocycles. The van der Waals surface area contributed by atoms with Crippen molar-refractivity contribution >= 4 is 11.9 Å². The number of hydrogen-bond acceptors (Lipinski definition) is 5. The van der Waals surface area contributed by atoms with Crippen LogP contribution in [0.5, 0.6) is 0 Å². The van der Waals surface area contributed by atoms with Gasteiger partial charge >= 0.3 is 24.3 Å². The van der Waals surface area contributed by atoms with Crippen molar-refractivity contribution in [1.29, 1.82) is 0 Å². The van der Waals surface area contributed by atoms with E-state index in [2.05, 4.69) is 15.4 Å². The fourth-order valence-corrected chi connectivity index (χ4v) is 1.07. The first-order chi connectivity index (χ1) is 10.8. The minimum absolute atomic E-state index is 0.765. The number of carboxylic acid groups (broad SMARTS) is 2. The lowest BCUT2D eigenvalue weighted by Gasteiger charge is -2.26. The lowest BCUT2D eigenvalue weighted by Crippen LogP contribution is -2.44. The highest BCUT2D eigenvalue weighted by atomic mass is 19.4. The van der Waals surface area contributed by atoms with Crippen molar-refractivity contribution in [1.82, 2.24) is 20.1 Å². The predicted molar refractivity (Wildman–Crippen MR) is 63.8 cm³/mol. The molecule has 138 valence electrons. The van der Waals surface area contributed by atoms with Gasteiger partial charge in [0.2, 0.25) is 0 Å². The van der Waals surface area contributed by atoms with E-state index in [4.69, 9.17) is 19.8 Å². The maximum Gasteiger partial charge on any atom is 0.490 e. The maximum absolute atomic E-state index is 10.6. The van der Waals surface area contributed by atoms with Crippen LogP contribution in [0.1, 0.15) is 0 Å². The van der Waals surface area contributed by atoms with E-state index < -0.39 is 24.3 Å². The second kappa shape index (κ2) is 9.05. The number of nitrogens with one attached hydrogen (secondary N) is 1. The summed E-state index contributed by atoms with van der Waals surface area (Å²) in [5, 5.41) is 21.5. The molecule has 0 bridgehead atoms. The van der Waals surface area contributed by atoms with Crippen LogP contribution < -0.4 is 5.32 Å². The summed E-state index contributed by atoms with van der Waals surface area (Å²) in [5.74, 6) is -4.75. The molecule has 0 aliphatic carbocycles. The molecule has 1 saturated heterocycles. The zero-order chi connectivity index (χ0) is 19.0. The van der Waals surface area contributed by atoms with Gasteiger partial charge in [-0.15, -0.1) is 0 Å². The smallest absolute Gasteiger partial charge is 0.475 e. The van der Waals surface area contributed by atoms with E-state index >= 15 is 0 Å². The van der Waals surface area contributed by atoms with Crippen LogP contribution in [-0.2, 0) is 16.1 Å². The Morgan fingerprint density at radius 2 is 1.50 bits per heavy atom. The van der Waals surface area contributed by atoms with Crippen LogP contribution in [0.2, 0.25) is 0 Å². The van der Waals surface area contributed by atoms with Crippen molar-refractivity contribution in [3.05, 3.63) is 12.7 Å². The van der Waals surface area contributed by atoms with Crippen molar-refractivity contribution < 1.29 is 46.1 Å². The lowest BCUT2D eigenvalue weighted by atomic mass is 10.0. The second-order valence-electron chi connectivity index (χ2n) is 4.25. The van der Waals surface area contributed by atoms with Gasteiger partial charge in [0.25, 0.3) is 0 Å². The average molecular weight is 366 g/mol. The van der Waals surface area contributed by atoms with E-state index in [1.165, 1.54) is 0 Å². The molecule has 3 N–H and O–H groups in total. The molecule has 1 fully saturated rings. The highest BCUT2D eigenvalue weighted by Crippen LogP contribution is 2.13. The average Bonchev–Trinajstić information content (AvgIpc) is 2.86. The Morgan fingerprint density at radius 3 is 1.71 bits per heavy atom. The first kappa shape index (κ1) is 21.6. The molecule has 0 unspecified atom stereocenters. The molecule has 2 rings (SSSR count). The van der Waals surface area contributed by atoms with Gasteiger partial charge in [-0.05, 0) is 0 Å². The standard InChI is InChI=1S/C6H10N4.2C2HF3O2/c1-6(2-7-1)3-10-5-8-4-9-10;2*3-2(4,5)1(6)7/h4-7H,1-3H2;2*(H,6,7). The van der Waals surface area contributed by atoms with Gasteiger partial charge in [0.1, 0.15) is 12.7 Å². The lowest BCUT2D eigenvalue weighted by molar-refractivity contribution is -0.193. The molecule has 0 aromatic carbocycles. The van der Waals surface area contributed by atoms with Crippen LogP contribution in [0, 0.1) is 5.92 Å². The Labute approximate surface area is 130 Å². The van der Waals surface area contributed by atoms with E-state index in [9.17, 15) is 26.3 Å². The zero-order valence-electron chi connectivity index (χ0n) is 11.7. The highest BCUT2D eigenvalue weighted by molar-refractivity contribution is 5.73. The number of carbonyl (C=O) groups is 2. The molecule has 1 aromatic heterocycles. The number of alkyl halides is 6. The van der Waals surface area contributed by atoms with Crippen LogP contribution in [0.4, 0.5) is 26.3 Å². The number of aromatic nitrogens is 3. The van der Waals surface area contributed by atoms with E-state index in [1.807, 2.05) is 4.68 Å². The first-order valence-electron chi connectivity index (χ1n) is 5.97. The molecule has 1 aromatic rings. The Hall–Kier alpha value is -2.38. The van der Waals surface area contributed by atoms with E-state index in [-0.39, 0.29) is 0 Å². The molecule has 8 nitrogen and oxygen atoms in total. The highest BCUT2D eigenvalue weighted by Gasteiger charge is 2.38. The molecular formula is C10H12F6N4O4. The van der Waals surface area contributed by atoms with Gasteiger partial charge in [-0.2, -0.15) is 31.4 Å². The minimum Gasteiger partial charge on any atom is -0.475 e. The van der Waals surface area contributed by atoms with Crippen LogP contribution >= 0.6 is 0 Å². The third-order valence-electron chi connectivity index (χ3n) is 2.26. The number of carboxylic acids is 2. The van der Waals surface area contributed by atoms with Crippen molar-refractivity contribution in [2.75, 3.05) is 13.1 Å². The first-order valence-corrected chi connectivity index (χ1v) is 5.97.